The molecular weight excluding hydrogens is 380 g/mol. The number of pyridine rings is 1. The van der Waals surface area contributed by atoms with E-state index in [0.29, 0.717) is 29.0 Å². The Hall–Kier alpha value is -4.20. The molecule has 0 radical (unpaired) electrons. The van der Waals surface area contributed by atoms with E-state index >= 15 is 0 Å². The van der Waals surface area contributed by atoms with Crippen LogP contribution in [-0.2, 0) is 13.6 Å². The monoisotopic (exact) mass is 400 g/mol. The van der Waals surface area contributed by atoms with Gasteiger partial charge in [-0.05, 0) is 36.4 Å². The number of primary amides is 1. The summed E-state index contributed by atoms with van der Waals surface area (Å²) in [5, 5.41) is 11.3. The van der Waals surface area contributed by atoms with Crippen molar-refractivity contribution in [3.63, 3.8) is 0 Å². The number of nitrogens with two attached hydrogens (primary N) is 1. The molecule has 0 fully saturated rings. The van der Waals surface area contributed by atoms with E-state index in [4.69, 9.17) is 5.73 Å². The average molecular weight is 400 g/mol. The Bertz CT molecular complexity index is 1250. The van der Waals surface area contributed by atoms with Crippen molar-refractivity contribution in [2.75, 3.05) is 10.6 Å². The molecule has 30 heavy (non-hydrogen) atoms. The minimum Gasteiger partial charge on any atom is -0.380 e. The highest BCUT2D eigenvalue weighted by molar-refractivity contribution is 6.08. The van der Waals surface area contributed by atoms with Gasteiger partial charge in [-0.2, -0.15) is 5.10 Å². The van der Waals surface area contributed by atoms with Gasteiger partial charge in [0, 0.05) is 42.1 Å². The van der Waals surface area contributed by atoms with Crippen molar-refractivity contribution in [3.05, 3.63) is 83.8 Å². The van der Waals surface area contributed by atoms with Gasteiger partial charge in [0.2, 0.25) is 0 Å². The van der Waals surface area contributed by atoms with E-state index in [2.05, 4.69) is 20.7 Å². The number of hydrogen-bond donors (Lipinski definition) is 3. The fraction of sp³-hybridized carbons (Fsp3) is 0.0909. The zero-order valence-corrected chi connectivity index (χ0v) is 16.3. The molecule has 0 spiro atoms. The predicted molar refractivity (Wildman–Crippen MR) is 115 cm³/mol. The van der Waals surface area contributed by atoms with E-state index in [-0.39, 0.29) is 11.6 Å². The number of hydrogen-bond acceptors (Lipinski definition) is 5. The summed E-state index contributed by atoms with van der Waals surface area (Å²) >= 11 is 0. The second-order valence-electron chi connectivity index (χ2n) is 6.77. The first kappa shape index (κ1) is 19.1. The van der Waals surface area contributed by atoms with Crippen LogP contribution in [0, 0.1) is 0 Å². The fourth-order valence-electron chi connectivity index (χ4n) is 3.25. The molecule has 150 valence electrons. The third-order valence-corrected chi connectivity index (χ3v) is 4.77. The number of rotatable bonds is 6. The molecule has 2 heterocycles. The summed E-state index contributed by atoms with van der Waals surface area (Å²) in [6.07, 6.45) is 3.29. The number of carbonyl (C=O) groups excluding carboxylic acids is 2. The van der Waals surface area contributed by atoms with E-state index in [1.807, 2.05) is 31.3 Å². The Labute approximate surface area is 172 Å². The number of amides is 2. The first-order valence-electron chi connectivity index (χ1n) is 9.32. The summed E-state index contributed by atoms with van der Waals surface area (Å²) in [7, 11) is 1.85. The van der Waals surface area contributed by atoms with E-state index < -0.39 is 5.91 Å². The standard InChI is InChI=1S/C22H20N6O2/c1-28-19-11-16(9-8-14(19)13-26-28)27-22(30)17-6-2-3-7-18(17)25-12-15-5-4-10-24-20(15)21(23)29/h2-11,13,25H,12H2,1H3,(H2,23,29)(H,27,30). The molecule has 8 nitrogen and oxygen atoms in total. The highest BCUT2D eigenvalue weighted by atomic mass is 16.2. The lowest BCUT2D eigenvalue weighted by molar-refractivity contribution is 0.0992. The largest absolute Gasteiger partial charge is 0.380 e. The Morgan fingerprint density at radius 2 is 1.93 bits per heavy atom. The number of benzene rings is 2. The molecule has 2 aromatic heterocycles. The first-order chi connectivity index (χ1) is 14.5. The first-order valence-corrected chi connectivity index (χ1v) is 9.32. The molecule has 4 aromatic rings. The molecule has 0 aliphatic carbocycles. The molecule has 0 saturated heterocycles. The van der Waals surface area contributed by atoms with Crippen molar-refractivity contribution in [2.45, 2.75) is 6.54 Å². The van der Waals surface area contributed by atoms with Crippen molar-refractivity contribution in [1.82, 2.24) is 14.8 Å². The predicted octanol–water partition coefficient (Wildman–Crippen LogP) is 2.93. The lowest BCUT2D eigenvalue weighted by Crippen LogP contribution is -2.18. The van der Waals surface area contributed by atoms with Crippen LogP contribution in [0.25, 0.3) is 10.9 Å². The van der Waals surface area contributed by atoms with Crippen LogP contribution in [0.5, 0.6) is 0 Å². The van der Waals surface area contributed by atoms with Gasteiger partial charge in [0.05, 0.1) is 17.3 Å². The minimum atomic E-state index is -0.594. The number of carbonyl (C=O) groups is 2. The quantitative estimate of drug-likeness (QED) is 0.460. The third kappa shape index (κ3) is 3.83. The van der Waals surface area contributed by atoms with Crippen molar-refractivity contribution in [1.29, 1.82) is 0 Å². The maximum atomic E-state index is 12.9. The minimum absolute atomic E-state index is 0.205. The van der Waals surface area contributed by atoms with Crippen LogP contribution in [-0.4, -0.2) is 26.6 Å². The molecule has 4 rings (SSSR count). The highest BCUT2D eigenvalue weighted by Gasteiger charge is 2.14. The maximum absolute atomic E-state index is 12.9. The zero-order chi connectivity index (χ0) is 21.1. The van der Waals surface area contributed by atoms with Gasteiger partial charge in [-0.15, -0.1) is 0 Å². The Morgan fingerprint density at radius 1 is 1.10 bits per heavy atom. The topological polar surface area (TPSA) is 115 Å². The van der Waals surface area contributed by atoms with Crippen LogP contribution in [0.15, 0.2) is 67.0 Å². The molecule has 0 aliphatic heterocycles. The molecule has 0 unspecified atom stereocenters. The van der Waals surface area contributed by atoms with E-state index in [0.717, 1.165) is 10.9 Å². The van der Waals surface area contributed by atoms with Crippen LogP contribution < -0.4 is 16.4 Å². The van der Waals surface area contributed by atoms with Crippen LogP contribution in [0.3, 0.4) is 0 Å². The van der Waals surface area contributed by atoms with Crippen molar-refractivity contribution in [3.8, 4) is 0 Å². The molecule has 8 heteroatoms. The average Bonchev–Trinajstić information content (AvgIpc) is 3.13. The highest BCUT2D eigenvalue weighted by Crippen LogP contribution is 2.22. The summed E-state index contributed by atoms with van der Waals surface area (Å²) in [6, 6.07) is 16.3. The Balaban J connectivity index is 1.54. The van der Waals surface area contributed by atoms with Crippen LogP contribution >= 0.6 is 0 Å². The number of aromatic nitrogens is 3. The van der Waals surface area contributed by atoms with Crippen LogP contribution in [0.2, 0.25) is 0 Å². The van der Waals surface area contributed by atoms with Gasteiger partial charge < -0.3 is 16.4 Å². The van der Waals surface area contributed by atoms with Crippen molar-refractivity contribution < 1.29 is 9.59 Å². The molecule has 0 bridgehead atoms. The fourth-order valence-corrected chi connectivity index (χ4v) is 3.25. The molecule has 2 amide bonds. The summed E-state index contributed by atoms with van der Waals surface area (Å²) in [5.74, 6) is -0.843. The maximum Gasteiger partial charge on any atom is 0.267 e. The van der Waals surface area contributed by atoms with E-state index in [1.165, 1.54) is 6.20 Å². The van der Waals surface area contributed by atoms with Crippen molar-refractivity contribution in [2.24, 2.45) is 12.8 Å². The Morgan fingerprint density at radius 3 is 2.77 bits per heavy atom. The molecular formula is C22H20N6O2. The summed E-state index contributed by atoms with van der Waals surface area (Å²) in [4.78, 5) is 28.5. The molecule has 0 aliphatic rings. The smallest absolute Gasteiger partial charge is 0.267 e. The van der Waals surface area contributed by atoms with Gasteiger partial charge in [-0.3, -0.25) is 19.3 Å². The van der Waals surface area contributed by atoms with Crippen LogP contribution in [0.4, 0.5) is 11.4 Å². The number of fused-ring (bicyclic) bond motifs is 1. The van der Waals surface area contributed by atoms with E-state index in [1.54, 1.807) is 41.2 Å². The second-order valence-corrected chi connectivity index (χ2v) is 6.77. The van der Waals surface area contributed by atoms with Gasteiger partial charge in [-0.25, -0.2) is 0 Å². The molecule has 0 saturated carbocycles. The normalized spacial score (nSPS) is 10.7. The van der Waals surface area contributed by atoms with Gasteiger partial charge in [-0.1, -0.05) is 18.2 Å². The van der Waals surface area contributed by atoms with Crippen LogP contribution in [0.1, 0.15) is 26.4 Å². The number of nitrogens with zero attached hydrogens (tertiary/aromatic N) is 3. The zero-order valence-electron chi connectivity index (χ0n) is 16.3. The molecule has 4 N–H and O–H groups in total. The van der Waals surface area contributed by atoms with Gasteiger partial charge >= 0.3 is 0 Å². The van der Waals surface area contributed by atoms with Gasteiger partial charge in [0.1, 0.15) is 5.69 Å². The lowest BCUT2D eigenvalue weighted by atomic mass is 10.1. The third-order valence-electron chi connectivity index (χ3n) is 4.77. The number of para-hydroxylation sites is 1. The molecule has 0 atom stereocenters. The summed E-state index contributed by atoms with van der Waals surface area (Å²) in [6.45, 7) is 0.303. The number of aryl methyl sites for hydroxylation is 1. The number of nitrogens with one attached hydrogen (secondary N) is 2. The summed E-state index contributed by atoms with van der Waals surface area (Å²) < 4.78 is 1.75. The van der Waals surface area contributed by atoms with Gasteiger partial charge in [0.25, 0.3) is 11.8 Å². The Kier molecular flexibility index (Phi) is 5.13. The van der Waals surface area contributed by atoms with Crippen molar-refractivity contribution >= 4 is 34.1 Å². The number of anilines is 2. The van der Waals surface area contributed by atoms with E-state index in [9.17, 15) is 9.59 Å². The van der Waals surface area contributed by atoms with Gasteiger partial charge in [0.15, 0.2) is 0 Å². The molecule has 2 aromatic carbocycles. The second kappa shape index (κ2) is 8.04. The summed E-state index contributed by atoms with van der Waals surface area (Å²) in [5.41, 5.74) is 8.96. The lowest BCUT2D eigenvalue weighted by Gasteiger charge is -2.13. The SMILES string of the molecule is Cn1ncc2ccc(NC(=O)c3ccccc3NCc3cccnc3C(N)=O)cc21.